The van der Waals surface area contributed by atoms with E-state index in [1.54, 1.807) is 10.7 Å². The summed E-state index contributed by atoms with van der Waals surface area (Å²) in [6.45, 7) is 3.70. The van der Waals surface area contributed by atoms with E-state index in [-0.39, 0.29) is 29.4 Å². The Morgan fingerprint density at radius 2 is 2.21 bits per heavy atom. The van der Waals surface area contributed by atoms with Crippen molar-refractivity contribution in [3.63, 3.8) is 0 Å². The summed E-state index contributed by atoms with van der Waals surface area (Å²) in [5, 5.41) is 10.2. The number of carbonyl (C=O) groups is 2. The van der Waals surface area contributed by atoms with E-state index in [1.165, 1.54) is 11.3 Å². The van der Waals surface area contributed by atoms with Gasteiger partial charge in [0, 0.05) is 26.1 Å². The van der Waals surface area contributed by atoms with Gasteiger partial charge in [0.2, 0.25) is 5.91 Å². The summed E-state index contributed by atoms with van der Waals surface area (Å²) < 4.78 is 25.9. The molecule has 1 N–H and O–H groups in total. The average Bonchev–Trinajstić information content (AvgIpc) is 3.59. The van der Waals surface area contributed by atoms with Gasteiger partial charge in [-0.1, -0.05) is 6.07 Å². The smallest absolute Gasteiger partial charge is 0.252 e. The predicted molar refractivity (Wildman–Crippen MR) is 131 cm³/mol. The number of fused-ring (bicyclic) bond motifs is 1. The standard InChI is InChI=1S/C23H27N5O4S2/c1-15-21-17(23(30)24-8-4-10-27-9-2-6-20(27)29)13-18(19-5-3-11-33-19)25-22(21)28(26-15)16-7-12-34(31,32)14-16/h3,5,11,13,16H,2,4,6-10,12,14H2,1H3,(H,24,30). The van der Waals surface area contributed by atoms with Gasteiger partial charge >= 0.3 is 0 Å². The van der Waals surface area contributed by atoms with Gasteiger partial charge < -0.3 is 10.2 Å². The van der Waals surface area contributed by atoms with Crippen molar-refractivity contribution in [3.8, 4) is 10.6 Å². The fourth-order valence-electron chi connectivity index (χ4n) is 4.77. The number of nitrogens with zero attached hydrogens (tertiary/aromatic N) is 4. The molecule has 11 heteroatoms. The van der Waals surface area contributed by atoms with Crippen LogP contribution in [0.15, 0.2) is 23.6 Å². The van der Waals surface area contributed by atoms with Crippen molar-refractivity contribution in [2.45, 2.75) is 38.6 Å². The summed E-state index contributed by atoms with van der Waals surface area (Å²) in [7, 11) is -3.10. The Hall–Kier alpha value is -2.79. The SMILES string of the molecule is Cc1nn(C2CCS(=O)(=O)C2)c2nc(-c3cccs3)cc(C(=O)NCCCN3CCCC3=O)c12. The maximum absolute atomic E-state index is 13.3. The molecule has 2 amide bonds. The summed E-state index contributed by atoms with van der Waals surface area (Å²) in [4.78, 5) is 32.7. The second-order valence-corrected chi connectivity index (χ2v) is 12.1. The van der Waals surface area contributed by atoms with E-state index in [9.17, 15) is 18.0 Å². The number of hydrogen-bond acceptors (Lipinski definition) is 7. The molecule has 9 nitrogen and oxygen atoms in total. The third-order valence-corrected chi connectivity index (χ3v) is 9.11. The highest BCUT2D eigenvalue weighted by Gasteiger charge is 2.32. The highest BCUT2D eigenvalue weighted by Crippen LogP contribution is 2.33. The van der Waals surface area contributed by atoms with Crippen molar-refractivity contribution in [1.82, 2.24) is 25.0 Å². The molecule has 0 radical (unpaired) electrons. The first-order valence-electron chi connectivity index (χ1n) is 11.5. The number of aryl methyl sites for hydroxylation is 1. The number of thiophene rings is 1. The molecule has 0 saturated carbocycles. The monoisotopic (exact) mass is 501 g/mol. The van der Waals surface area contributed by atoms with Gasteiger partial charge in [-0.2, -0.15) is 5.10 Å². The van der Waals surface area contributed by atoms with E-state index < -0.39 is 9.84 Å². The minimum absolute atomic E-state index is 0.0326. The Morgan fingerprint density at radius 1 is 1.35 bits per heavy atom. The molecule has 2 fully saturated rings. The number of pyridine rings is 1. The Bertz CT molecular complexity index is 1350. The van der Waals surface area contributed by atoms with Crippen LogP contribution in [-0.2, 0) is 14.6 Å². The van der Waals surface area contributed by atoms with Crippen LogP contribution >= 0.6 is 11.3 Å². The Morgan fingerprint density at radius 3 is 2.88 bits per heavy atom. The lowest BCUT2D eigenvalue weighted by Crippen LogP contribution is -2.30. The predicted octanol–water partition coefficient (Wildman–Crippen LogP) is 2.57. The van der Waals surface area contributed by atoms with Crippen molar-refractivity contribution in [3.05, 3.63) is 34.8 Å². The first kappa shape index (κ1) is 23.0. The molecule has 5 heterocycles. The van der Waals surface area contributed by atoms with Crippen molar-refractivity contribution in [1.29, 1.82) is 0 Å². The second-order valence-electron chi connectivity index (χ2n) is 8.91. The molecular formula is C23H27N5O4S2. The number of rotatable bonds is 7. The van der Waals surface area contributed by atoms with Crippen LogP contribution in [0.3, 0.4) is 0 Å². The number of sulfone groups is 1. The van der Waals surface area contributed by atoms with Gasteiger partial charge in [-0.3, -0.25) is 9.59 Å². The third-order valence-electron chi connectivity index (χ3n) is 6.47. The molecule has 3 aromatic heterocycles. The fraction of sp³-hybridized carbons (Fsp3) is 0.478. The van der Waals surface area contributed by atoms with E-state index in [4.69, 9.17) is 4.98 Å². The molecule has 1 unspecified atom stereocenters. The lowest BCUT2D eigenvalue weighted by atomic mass is 10.1. The number of aromatic nitrogens is 3. The van der Waals surface area contributed by atoms with Crippen LogP contribution in [0.4, 0.5) is 0 Å². The third kappa shape index (κ3) is 4.46. The zero-order valence-corrected chi connectivity index (χ0v) is 20.6. The van der Waals surface area contributed by atoms with Crippen LogP contribution in [0.25, 0.3) is 21.6 Å². The molecule has 1 atom stereocenters. The first-order chi connectivity index (χ1) is 16.3. The summed E-state index contributed by atoms with van der Waals surface area (Å²) in [6.07, 6.45) is 2.68. The number of hydrogen-bond donors (Lipinski definition) is 1. The highest BCUT2D eigenvalue weighted by atomic mass is 32.2. The molecule has 2 aliphatic heterocycles. The van der Waals surface area contributed by atoms with Crippen LogP contribution in [0.5, 0.6) is 0 Å². The number of amides is 2. The van der Waals surface area contributed by atoms with E-state index in [2.05, 4.69) is 10.4 Å². The fourth-order valence-corrected chi connectivity index (χ4v) is 7.15. The van der Waals surface area contributed by atoms with E-state index >= 15 is 0 Å². The van der Waals surface area contributed by atoms with Crippen LogP contribution in [0, 0.1) is 6.92 Å². The number of nitrogens with one attached hydrogen (secondary N) is 1. The zero-order valence-electron chi connectivity index (χ0n) is 19.0. The minimum Gasteiger partial charge on any atom is -0.352 e. The lowest BCUT2D eigenvalue weighted by molar-refractivity contribution is -0.127. The number of likely N-dealkylation sites (tertiary alicyclic amines) is 1. The Balaban J connectivity index is 1.45. The second kappa shape index (κ2) is 9.10. The van der Waals surface area contributed by atoms with Crippen molar-refractivity contribution in [2.24, 2.45) is 0 Å². The van der Waals surface area contributed by atoms with Gasteiger partial charge in [-0.25, -0.2) is 18.1 Å². The molecule has 2 saturated heterocycles. The highest BCUT2D eigenvalue weighted by molar-refractivity contribution is 7.91. The van der Waals surface area contributed by atoms with Gasteiger partial charge in [-0.15, -0.1) is 11.3 Å². The van der Waals surface area contributed by atoms with Gasteiger partial charge in [0.25, 0.3) is 5.91 Å². The molecule has 3 aromatic rings. The lowest BCUT2D eigenvalue weighted by Gasteiger charge is -2.15. The van der Waals surface area contributed by atoms with Crippen LogP contribution in [-0.4, -0.2) is 71.0 Å². The van der Waals surface area contributed by atoms with Gasteiger partial charge in [0.15, 0.2) is 15.5 Å². The molecular weight excluding hydrogens is 474 g/mol. The quantitative estimate of drug-likeness (QED) is 0.498. The summed E-state index contributed by atoms with van der Waals surface area (Å²) in [6, 6.07) is 5.37. The van der Waals surface area contributed by atoms with Gasteiger partial charge in [0.1, 0.15) is 0 Å². The Labute approximate surface area is 202 Å². The average molecular weight is 502 g/mol. The largest absolute Gasteiger partial charge is 0.352 e. The molecule has 0 aromatic carbocycles. The Kier molecular flexibility index (Phi) is 6.15. The molecule has 2 aliphatic rings. The van der Waals surface area contributed by atoms with E-state index in [0.29, 0.717) is 60.3 Å². The maximum Gasteiger partial charge on any atom is 0.252 e. The van der Waals surface area contributed by atoms with Crippen LogP contribution < -0.4 is 5.32 Å². The number of carbonyl (C=O) groups excluding carboxylic acids is 2. The summed E-state index contributed by atoms with van der Waals surface area (Å²) in [5.41, 5.74) is 2.34. The normalized spacial score (nSPS) is 19.9. The molecule has 5 rings (SSSR count). The minimum atomic E-state index is -3.10. The van der Waals surface area contributed by atoms with Gasteiger partial charge in [0.05, 0.1) is 44.8 Å². The summed E-state index contributed by atoms with van der Waals surface area (Å²) >= 11 is 1.53. The zero-order chi connectivity index (χ0) is 23.9. The van der Waals surface area contributed by atoms with E-state index in [0.717, 1.165) is 17.8 Å². The summed E-state index contributed by atoms with van der Waals surface area (Å²) in [5.74, 6) is 0.125. The molecule has 0 aliphatic carbocycles. The molecule has 34 heavy (non-hydrogen) atoms. The molecule has 0 spiro atoms. The maximum atomic E-state index is 13.3. The molecule has 0 bridgehead atoms. The van der Waals surface area contributed by atoms with E-state index in [1.807, 2.05) is 29.3 Å². The van der Waals surface area contributed by atoms with Crippen molar-refractivity contribution >= 4 is 44.0 Å². The van der Waals surface area contributed by atoms with Crippen LogP contribution in [0.2, 0.25) is 0 Å². The first-order valence-corrected chi connectivity index (χ1v) is 14.2. The van der Waals surface area contributed by atoms with Crippen molar-refractivity contribution in [2.75, 3.05) is 31.1 Å². The van der Waals surface area contributed by atoms with Crippen LogP contribution in [0.1, 0.15) is 47.8 Å². The topological polar surface area (TPSA) is 114 Å². The molecule has 180 valence electrons. The van der Waals surface area contributed by atoms with Crippen molar-refractivity contribution < 1.29 is 18.0 Å². The van der Waals surface area contributed by atoms with Gasteiger partial charge in [-0.05, 0) is 43.7 Å².